The predicted octanol–water partition coefficient (Wildman–Crippen LogP) is 4.99. The van der Waals surface area contributed by atoms with Crippen LogP contribution in [0, 0.1) is 6.92 Å². The van der Waals surface area contributed by atoms with Crippen LogP contribution < -0.4 is 9.64 Å². The van der Waals surface area contributed by atoms with Crippen LogP contribution in [0.1, 0.15) is 36.7 Å². The molecule has 0 saturated heterocycles. The van der Waals surface area contributed by atoms with Crippen molar-refractivity contribution in [3.05, 3.63) is 53.6 Å². The Hall–Kier alpha value is -2.44. The van der Waals surface area contributed by atoms with E-state index in [-0.39, 0.29) is 5.91 Å². The van der Waals surface area contributed by atoms with Gasteiger partial charge in [0.2, 0.25) is 0 Å². The van der Waals surface area contributed by atoms with E-state index in [9.17, 15) is 4.79 Å². The number of thiazole rings is 1. The van der Waals surface area contributed by atoms with E-state index < -0.39 is 0 Å². The highest BCUT2D eigenvalue weighted by molar-refractivity contribution is 7.22. The number of carbonyl (C=O) groups excluding carboxylic acids is 1. The number of hydrogen-bond acceptors (Lipinski definition) is 5. The van der Waals surface area contributed by atoms with Crippen LogP contribution in [0.25, 0.3) is 10.2 Å². The van der Waals surface area contributed by atoms with Gasteiger partial charge in [0.1, 0.15) is 5.75 Å². The van der Waals surface area contributed by atoms with Gasteiger partial charge >= 0.3 is 0 Å². The van der Waals surface area contributed by atoms with Gasteiger partial charge in [0.15, 0.2) is 5.13 Å². The van der Waals surface area contributed by atoms with Gasteiger partial charge in [-0.1, -0.05) is 42.9 Å². The minimum Gasteiger partial charge on any atom is -0.494 e. The summed E-state index contributed by atoms with van der Waals surface area (Å²) in [6.45, 7) is 12.2. The van der Waals surface area contributed by atoms with Gasteiger partial charge in [0.25, 0.3) is 5.91 Å². The lowest BCUT2D eigenvalue weighted by Crippen LogP contribution is -2.38. The minimum absolute atomic E-state index is 0.0127. The highest BCUT2D eigenvalue weighted by Crippen LogP contribution is 2.32. The monoisotopic (exact) mass is 411 g/mol. The van der Waals surface area contributed by atoms with Gasteiger partial charge in [-0.05, 0) is 57.3 Å². The van der Waals surface area contributed by atoms with E-state index in [4.69, 9.17) is 9.72 Å². The first-order valence-corrected chi connectivity index (χ1v) is 11.0. The molecule has 3 rings (SSSR count). The second-order valence-corrected chi connectivity index (χ2v) is 7.92. The summed E-state index contributed by atoms with van der Waals surface area (Å²) in [5.41, 5.74) is 2.71. The van der Waals surface area contributed by atoms with Gasteiger partial charge in [0.05, 0.1) is 16.8 Å². The van der Waals surface area contributed by atoms with Gasteiger partial charge in [-0.3, -0.25) is 9.69 Å². The van der Waals surface area contributed by atoms with Gasteiger partial charge in [-0.2, -0.15) is 0 Å². The number of carbonyl (C=O) groups is 1. The molecule has 5 nitrogen and oxygen atoms in total. The molecule has 0 unspecified atom stereocenters. The number of aryl methyl sites for hydroxylation is 1. The number of rotatable bonds is 9. The Kier molecular flexibility index (Phi) is 7.23. The van der Waals surface area contributed by atoms with E-state index >= 15 is 0 Å². The Morgan fingerprint density at radius 3 is 2.41 bits per heavy atom. The van der Waals surface area contributed by atoms with Crippen LogP contribution in [0.3, 0.4) is 0 Å². The first-order chi connectivity index (χ1) is 14.0. The molecule has 154 valence electrons. The molecule has 0 atom stereocenters. The third-order valence-electron chi connectivity index (χ3n) is 4.97. The van der Waals surface area contributed by atoms with Crippen molar-refractivity contribution >= 4 is 32.6 Å². The Morgan fingerprint density at radius 2 is 1.76 bits per heavy atom. The summed E-state index contributed by atoms with van der Waals surface area (Å²) in [4.78, 5) is 22.2. The zero-order chi connectivity index (χ0) is 20.8. The topological polar surface area (TPSA) is 45.7 Å². The van der Waals surface area contributed by atoms with Crippen LogP contribution in [-0.2, 0) is 0 Å². The molecule has 6 heteroatoms. The van der Waals surface area contributed by atoms with Crippen molar-refractivity contribution in [2.45, 2.75) is 27.7 Å². The fourth-order valence-corrected chi connectivity index (χ4v) is 4.20. The van der Waals surface area contributed by atoms with Crippen LogP contribution in [0.2, 0.25) is 0 Å². The smallest absolute Gasteiger partial charge is 0.260 e. The number of likely N-dealkylation sites (N-methyl/N-ethyl adjacent to an activating group) is 1. The largest absolute Gasteiger partial charge is 0.494 e. The Morgan fingerprint density at radius 1 is 1.03 bits per heavy atom. The molecule has 1 amide bonds. The molecule has 0 aliphatic rings. The zero-order valence-corrected chi connectivity index (χ0v) is 18.5. The van der Waals surface area contributed by atoms with Crippen molar-refractivity contribution in [3.63, 3.8) is 0 Å². The van der Waals surface area contributed by atoms with E-state index in [2.05, 4.69) is 18.7 Å². The zero-order valence-electron chi connectivity index (χ0n) is 17.6. The second-order valence-electron chi connectivity index (χ2n) is 6.91. The first-order valence-electron chi connectivity index (χ1n) is 10.2. The number of fused-ring (bicyclic) bond motifs is 1. The molecule has 0 aliphatic heterocycles. The molecule has 1 heterocycles. The van der Waals surface area contributed by atoms with Crippen molar-refractivity contribution in [1.29, 1.82) is 0 Å². The molecule has 0 aliphatic carbocycles. The number of amides is 1. The van der Waals surface area contributed by atoms with Gasteiger partial charge < -0.3 is 9.64 Å². The van der Waals surface area contributed by atoms with Gasteiger partial charge in [-0.15, -0.1) is 0 Å². The van der Waals surface area contributed by atoms with E-state index in [1.165, 1.54) is 11.3 Å². The molecular formula is C23H29N3O2S. The normalized spacial score (nSPS) is 11.2. The SMILES string of the molecule is CCOc1ccc2nc(N(CCN(CC)CC)C(=O)c3ccc(C)cc3)sc2c1. The molecule has 0 bridgehead atoms. The maximum absolute atomic E-state index is 13.3. The standard InChI is InChI=1S/C23H29N3O2S/c1-5-25(6-2)14-15-26(22(27)18-10-8-17(4)9-11-18)23-24-20-13-12-19(28-7-3)16-21(20)29-23/h8-13,16H,5-7,14-15H2,1-4H3. The summed E-state index contributed by atoms with van der Waals surface area (Å²) < 4.78 is 6.64. The third kappa shape index (κ3) is 5.14. The first kappa shape index (κ1) is 21.3. The molecule has 29 heavy (non-hydrogen) atoms. The average molecular weight is 412 g/mol. The molecule has 0 radical (unpaired) electrons. The van der Waals surface area contributed by atoms with Crippen LogP contribution in [0.4, 0.5) is 5.13 Å². The van der Waals surface area contributed by atoms with Crippen molar-refractivity contribution < 1.29 is 9.53 Å². The van der Waals surface area contributed by atoms with Crippen LogP contribution in [0.5, 0.6) is 5.75 Å². The van der Waals surface area contributed by atoms with Crippen molar-refractivity contribution in [1.82, 2.24) is 9.88 Å². The maximum atomic E-state index is 13.3. The predicted molar refractivity (Wildman–Crippen MR) is 121 cm³/mol. The fraction of sp³-hybridized carbons (Fsp3) is 0.391. The Bertz CT molecular complexity index is 948. The molecule has 0 saturated carbocycles. The molecule has 2 aromatic carbocycles. The summed E-state index contributed by atoms with van der Waals surface area (Å²) in [5.74, 6) is 0.816. The van der Waals surface area contributed by atoms with Crippen molar-refractivity contribution in [3.8, 4) is 5.75 Å². The highest BCUT2D eigenvalue weighted by Gasteiger charge is 2.22. The summed E-state index contributed by atoms with van der Waals surface area (Å²) in [6.07, 6.45) is 0. The Balaban J connectivity index is 1.93. The van der Waals surface area contributed by atoms with E-state index in [0.29, 0.717) is 18.7 Å². The molecule has 0 spiro atoms. The van der Waals surface area contributed by atoms with Crippen LogP contribution in [0.15, 0.2) is 42.5 Å². The van der Waals surface area contributed by atoms with Crippen LogP contribution >= 0.6 is 11.3 Å². The third-order valence-corrected chi connectivity index (χ3v) is 6.01. The lowest BCUT2D eigenvalue weighted by molar-refractivity contribution is 0.0984. The molecule has 3 aromatic rings. The lowest BCUT2D eigenvalue weighted by Gasteiger charge is -2.24. The van der Waals surface area contributed by atoms with E-state index in [1.807, 2.05) is 61.2 Å². The summed E-state index contributed by atoms with van der Waals surface area (Å²) in [5, 5.41) is 0.728. The number of nitrogens with zero attached hydrogens (tertiary/aromatic N) is 3. The van der Waals surface area contributed by atoms with E-state index in [1.54, 1.807) is 0 Å². The van der Waals surface area contributed by atoms with Crippen LogP contribution in [-0.4, -0.2) is 48.6 Å². The molecule has 0 N–H and O–H groups in total. The van der Waals surface area contributed by atoms with Gasteiger partial charge in [-0.25, -0.2) is 4.98 Å². The quantitative estimate of drug-likeness (QED) is 0.497. The second kappa shape index (κ2) is 9.85. The minimum atomic E-state index is -0.0127. The Labute approximate surface area is 176 Å². The number of aromatic nitrogens is 1. The summed E-state index contributed by atoms with van der Waals surface area (Å²) >= 11 is 1.53. The summed E-state index contributed by atoms with van der Waals surface area (Å²) in [6, 6.07) is 13.6. The van der Waals surface area contributed by atoms with Crippen molar-refractivity contribution in [2.24, 2.45) is 0 Å². The number of anilines is 1. The van der Waals surface area contributed by atoms with Gasteiger partial charge in [0, 0.05) is 18.7 Å². The molecule has 1 aromatic heterocycles. The van der Waals surface area contributed by atoms with E-state index in [0.717, 1.165) is 46.3 Å². The number of benzene rings is 2. The molecular weight excluding hydrogens is 382 g/mol. The lowest BCUT2D eigenvalue weighted by atomic mass is 10.1. The fourth-order valence-electron chi connectivity index (χ4n) is 3.18. The number of hydrogen-bond donors (Lipinski definition) is 0. The van der Waals surface area contributed by atoms with Crippen molar-refractivity contribution in [2.75, 3.05) is 37.7 Å². The average Bonchev–Trinajstić information content (AvgIpc) is 3.14. The maximum Gasteiger partial charge on any atom is 0.260 e. The molecule has 0 fully saturated rings. The summed E-state index contributed by atoms with van der Waals surface area (Å²) in [7, 11) is 0. The number of ether oxygens (including phenoxy) is 1. The highest BCUT2D eigenvalue weighted by atomic mass is 32.1.